The molecule has 2 aliphatic rings. The van der Waals surface area contributed by atoms with Crippen molar-refractivity contribution >= 4 is 12.4 Å². The highest BCUT2D eigenvalue weighted by molar-refractivity contribution is 5.85. The predicted octanol–water partition coefficient (Wildman–Crippen LogP) is 2.44. The van der Waals surface area contributed by atoms with Gasteiger partial charge in [0.05, 0.1) is 6.61 Å². The van der Waals surface area contributed by atoms with Crippen LogP contribution in [0.3, 0.4) is 0 Å². The van der Waals surface area contributed by atoms with Crippen molar-refractivity contribution in [3.8, 4) is 0 Å². The van der Waals surface area contributed by atoms with Crippen molar-refractivity contribution in [2.45, 2.75) is 26.0 Å². The van der Waals surface area contributed by atoms with E-state index in [1.54, 1.807) is 7.11 Å². The second-order valence-corrected chi connectivity index (χ2v) is 6.14. The number of hydrogen-bond acceptors (Lipinski definition) is 3. The Bertz CT molecular complexity index is 432. The molecule has 2 aliphatic heterocycles. The maximum absolute atomic E-state index is 5.21. The van der Waals surface area contributed by atoms with Crippen LogP contribution in [-0.2, 0) is 17.9 Å². The summed E-state index contributed by atoms with van der Waals surface area (Å²) in [5, 5.41) is 3.52. The van der Waals surface area contributed by atoms with Crippen LogP contribution < -0.4 is 5.32 Å². The molecule has 20 heavy (non-hydrogen) atoms. The SMILES string of the molecule is COCc1cccc(CN2CCC3(CCNC3)C2)c1.Cl. The zero-order chi connectivity index (χ0) is 13.1. The number of halogens is 1. The largest absolute Gasteiger partial charge is 0.380 e. The Balaban J connectivity index is 0.00000147. The first kappa shape index (κ1) is 15.8. The fourth-order valence-electron chi connectivity index (χ4n) is 3.55. The highest BCUT2D eigenvalue weighted by atomic mass is 35.5. The molecular formula is C16H25ClN2O. The molecule has 3 nitrogen and oxygen atoms in total. The standard InChI is InChI=1S/C16H24N2O.ClH/c1-19-11-15-4-2-3-14(9-15)10-18-8-6-16(13-18)5-7-17-12-16;/h2-4,9,17H,5-8,10-13H2,1H3;1H. The summed E-state index contributed by atoms with van der Waals surface area (Å²) in [5.41, 5.74) is 3.26. The molecule has 0 amide bonds. The van der Waals surface area contributed by atoms with Crippen molar-refractivity contribution in [2.24, 2.45) is 5.41 Å². The summed E-state index contributed by atoms with van der Waals surface area (Å²) in [7, 11) is 1.75. The summed E-state index contributed by atoms with van der Waals surface area (Å²) in [6.07, 6.45) is 2.71. The van der Waals surface area contributed by atoms with Gasteiger partial charge < -0.3 is 10.1 Å². The first-order chi connectivity index (χ1) is 9.30. The Kier molecular flexibility index (Phi) is 5.44. The normalized spacial score (nSPS) is 26.1. The Morgan fingerprint density at radius 3 is 2.90 bits per heavy atom. The van der Waals surface area contributed by atoms with E-state index in [1.165, 1.54) is 50.1 Å². The molecule has 0 bridgehead atoms. The average molecular weight is 297 g/mol. The minimum atomic E-state index is 0. The van der Waals surface area contributed by atoms with Gasteiger partial charge in [0.15, 0.2) is 0 Å². The quantitative estimate of drug-likeness (QED) is 0.924. The first-order valence-electron chi connectivity index (χ1n) is 7.30. The molecule has 2 fully saturated rings. The minimum Gasteiger partial charge on any atom is -0.380 e. The van der Waals surface area contributed by atoms with E-state index >= 15 is 0 Å². The number of hydrogen-bond donors (Lipinski definition) is 1. The molecule has 0 radical (unpaired) electrons. The number of nitrogens with zero attached hydrogens (tertiary/aromatic N) is 1. The van der Waals surface area contributed by atoms with E-state index in [-0.39, 0.29) is 12.4 Å². The summed E-state index contributed by atoms with van der Waals surface area (Å²) >= 11 is 0. The molecule has 0 aliphatic carbocycles. The summed E-state index contributed by atoms with van der Waals surface area (Å²) in [4.78, 5) is 2.61. The van der Waals surface area contributed by atoms with Crippen LogP contribution in [0.1, 0.15) is 24.0 Å². The number of ether oxygens (including phenoxy) is 1. The number of nitrogens with one attached hydrogen (secondary N) is 1. The Hall–Kier alpha value is -0.610. The van der Waals surface area contributed by atoms with Gasteiger partial charge in [0.1, 0.15) is 0 Å². The first-order valence-corrected chi connectivity index (χ1v) is 7.30. The Morgan fingerprint density at radius 1 is 1.30 bits per heavy atom. The summed E-state index contributed by atoms with van der Waals surface area (Å²) in [5.74, 6) is 0. The second-order valence-electron chi connectivity index (χ2n) is 6.14. The zero-order valence-corrected chi connectivity index (χ0v) is 13.0. The lowest BCUT2D eigenvalue weighted by Gasteiger charge is -2.23. The van der Waals surface area contributed by atoms with Crippen LogP contribution >= 0.6 is 12.4 Å². The fraction of sp³-hybridized carbons (Fsp3) is 0.625. The van der Waals surface area contributed by atoms with Crippen molar-refractivity contribution in [2.75, 3.05) is 33.3 Å². The number of methoxy groups -OCH3 is 1. The molecule has 1 unspecified atom stereocenters. The van der Waals surface area contributed by atoms with Gasteiger partial charge in [-0.05, 0) is 42.5 Å². The van der Waals surface area contributed by atoms with Gasteiger partial charge in [-0.15, -0.1) is 12.4 Å². The van der Waals surface area contributed by atoms with Crippen molar-refractivity contribution < 1.29 is 4.74 Å². The Morgan fingerprint density at radius 2 is 2.15 bits per heavy atom. The molecule has 1 aromatic rings. The molecule has 0 saturated carbocycles. The van der Waals surface area contributed by atoms with Crippen molar-refractivity contribution in [3.63, 3.8) is 0 Å². The minimum absolute atomic E-state index is 0. The zero-order valence-electron chi connectivity index (χ0n) is 12.2. The number of benzene rings is 1. The smallest absolute Gasteiger partial charge is 0.0713 e. The van der Waals surface area contributed by atoms with Gasteiger partial charge in [0.2, 0.25) is 0 Å². The van der Waals surface area contributed by atoms with Crippen molar-refractivity contribution in [1.82, 2.24) is 10.2 Å². The fourth-order valence-corrected chi connectivity index (χ4v) is 3.55. The van der Waals surface area contributed by atoms with E-state index in [0.29, 0.717) is 12.0 Å². The lowest BCUT2D eigenvalue weighted by molar-refractivity contribution is 0.184. The highest BCUT2D eigenvalue weighted by Gasteiger charge is 2.39. The van der Waals surface area contributed by atoms with Gasteiger partial charge in [-0.2, -0.15) is 0 Å². The van der Waals surface area contributed by atoms with E-state index in [1.807, 2.05) is 0 Å². The molecule has 2 heterocycles. The molecule has 2 saturated heterocycles. The molecule has 1 spiro atoms. The van der Waals surface area contributed by atoms with Crippen LogP contribution in [0.25, 0.3) is 0 Å². The van der Waals surface area contributed by atoms with Crippen LogP contribution in [-0.4, -0.2) is 38.2 Å². The summed E-state index contributed by atoms with van der Waals surface area (Å²) in [6.45, 7) is 6.72. The van der Waals surface area contributed by atoms with Crippen LogP contribution in [0.4, 0.5) is 0 Å². The third kappa shape index (κ3) is 3.53. The third-order valence-corrected chi connectivity index (χ3v) is 4.56. The molecule has 1 atom stereocenters. The van der Waals surface area contributed by atoms with Gasteiger partial charge >= 0.3 is 0 Å². The number of rotatable bonds is 4. The van der Waals surface area contributed by atoms with Gasteiger partial charge in [-0.3, -0.25) is 4.90 Å². The maximum atomic E-state index is 5.21. The van der Waals surface area contributed by atoms with Crippen LogP contribution in [0, 0.1) is 5.41 Å². The van der Waals surface area contributed by atoms with E-state index in [9.17, 15) is 0 Å². The van der Waals surface area contributed by atoms with Gasteiger partial charge in [0, 0.05) is 26.7 Å². The van der Waals surface area contributed by atoms with E-state index < -0.39 is 0 Å². The monoisotopic (exact) mass is 296 g/mol. The summed E-state index contributed by atoms with van der Waals surface area (Å²) in [6, 6.07) is 8.80. The molecule has 1 N–H and O–H groups in total. The average Bonchev–Trinajstić information content (AvgIpc) is 3.02. The van der Waals surface area contributed by atoms with Crippen LogP contribution in [0.5, 0.6) is 0 Å². The van der Waals surface area contributed by atoms with E-state index in [0.717, 1.165) is 6.54 Å². The molecule has 1 aromatic carbocycles. The number of likely N-dealkylation sites (tertiary alicyclic amines) is 1. The van der Waals surface area contributed by atoms with E-state index in [2.05, 4.69) is 34.5 Å². The molecule has 4 heteroatoms. The van der Waals surface area contributed by atoms with Gasteiger partial charge in [-0.25, -0.2) is 0 Å². The second kappa shape index (κ2) is 6.90. The van der Waals surface area contributed by atoms with E-state index in [4.69, 9.17) is 4.74 Å². The van der Waals surface area contributed by atoms with Crippen LogP contribution in [0.15, 0.2) is 24.3 Å². The lowest BCUT2D eigenvalue weighted by atomic mass is 9.86. The molecule has 0 aromatic heterocycles. The summed E-state index contributed by atoms with van der Waals surface area (Å²) < 4.78 is 5.21. The highest BCUT2D eigenvalue weighted by Crippen LogP contribution is 2.36. The van der Waals surface area contributed by atoms with Crippen molar-refractivity contribution in [3.05, 3.63) is 35.4 Å². The maximum Gasteiger partial charge on any atom is 0.0713 e. The lowest BCUT2D eigenvalue weighted by Crippen LogP contribution is -2.28. The van der Waals surface area contributed by atoms with Crippen molar-refractivity contribution in [1.29, 1.82) is 0 Å². The van der Waals surface area contributed by atoms with Gasteiger partial charge in [0.25, 0.3) is 0 Å². The van der Waals surface area contributed by atoms with Gasteiger partial charge in [-0.1, -0.05) is 24.3 Å². The molecule has 112 valence electrons. The predicted molar refractivity (Wildman–Crippen MR) is 84.2 cm³/mol. The third-order valence-electron chi connectivity index (χ3n) is 4.56. The van der Waals surface area contributed by atoms with Crippen LogP contribution in [0.2, 0.25) is 0 Å². The topological polar surface area (TPSA) is 24.5 Å². The Labute approximate surface area is 128 Å². The molecular weight excluding hydrogens is 272 g/mol. The molecule has 3 rings (SSSR count).